The van der Waals surface area contributed by atoms with E-state index in [1.165, 1.54) is 17.4 Å². The second-order valence-corrected chi connectivity index (χ2v) is 7.16. The normalized spacial score (nSPS) is 17.7. The van der Waals surface area contributed by atoms with Crippen molar-refractivity contribution in [2.75, 3.05) is 26.2 Å². The molecular formula is C16H16ClF3N2OS. The minimum Gasteiger partial charge on any atom is -0.405 e. The van der Waals surface area contributed by atoms with Crippen LogP contribution in [0.2, 0.25) is 4.34 Å². The second kappa shape index (κ2) is 7.31. The number of alkyl halides is 3. The summed E-state index contributed by atoms with van der Waals surface area (Å²) < 4.78 is 43.2. The first-order valence-electron chi connectivity index (χ1n) is 7.49. The van der Waals surface area contributed by atoms with Crippen LogP contribution >= 0.6 is 22.9 Å². The van der Waals surface area contributed by atoms with Gasteiger partial charge in [-0.2, -0.15) is 0 Å². The standard InChI is InChI=1S/C16H16ClF3N2OS/c17-14-6-5-13(24-14)15(22-9-7-21-8-10-22)11-3-1-2-4-12(11)23-16(18,19)20/h1-6,15,21H,7-10H2/t15-/m1/s1. The van der Waals surface area contributed by atoms with Crippen LogP contribution in [0.25, 0.3) is 0 Å². The topological polar surface area (TPSA) is 24.5 Å². The van der Waals surface area contributed by atoms with Crippen LogP contribution in [-0.2, 0) is 0 Å². The molecule has 0 radical (unpaired) electrons. The molecule has 8 heteroatoms. The van der Waals surface area contributed by atoms with Crippen LogP contribution < -0.4 is 10.1 Å². The van der Waals surface area contributed by atoms with Gasteiger partial charge in [0.05, 0.1) is 10.4 Å². The van der Waals surface area contributed by atoms with Crippen molar-refractivity contribution in [2.45, 2.75) is 12.4 Å². The molecule has 0 saturated carbocycles. The Kier molecular flexibility index (Phi) is 5.34. The lowest BCUT2D eigenvalue weighted by Crippen LogP contribution is -2.45. The monoisotopic (exact) mass is 376 g/mol. The van der Waals surface area contributed by atoms with Crippen molar-refractivity contribution in [1.82, 2.24) is 10.2 Å². The molecule has 130 valence electrons. The molecule has 2 aromatic rings. The summed E-state index contributed by atoms with van der Waals surface area (Å²) in [6.45, 7) is 3.05. The average molecular weight is 377 g/mol. The van der Waals surface area contributed by atoms with Crippen molar-refractivity contribution < 1.29 is 17.9 Å². The predicted molar refractivity (Wildman–Crippen MR) is 88.7 cm³/mol. The molecule has 0 aliphatic carbocycles. The van der Waals surface area contributed by atoms with E-state index in [4.69, 9.17) is 11.6 Å². The summed E-state index contributed by atoms with van der Waals surface area (Å²) in [5, 5.41) is 3.26. The van der Waals surface area contributed by atoms with Gasteiger partial charge in [-0.1, -0.05) is 29.8 Å². The fourth-order valence-electron chi connectivity index (χ4n) is 2.87. The molecule has 1 aliphatic heterocycles. The minimum atomic E-state index is -4.72. The molecule has 1 aromatic carbocycles. The molecule has 3 rings (SSSR count). The summed E-state index contributed by atoms with van der Waals surface area (Å²) >= 11 is 7.43. The third-order valence-corrected chi connectivity index (χ3v) is 5.10. The van der Waals surface area contributed by atoms with Crippen molar-refractivity contribution >= 4 is 22.9 Å². The number of rotatable bonds is 4. The molecule has 2 heterocycles. The maximum atomic E-state index is 12.8. The SMILES string of the molecule is FC(F)(F)Oc1ccccc1[C@H](c1ccc(Cl)s1)N1CCNCC1. The van der Waals surface area contributed by atoms with Gasteiger partial charge in [0.1, 0.15) is 5.75 Å². The van der Waals surface area contributed by atoms with Gasteiger partial charge in [0.15, 0.2) is 0 Å². The highest BCUT2D eigenvalue weighted by Gasteiger charge is 2.34. The number of nitrogens with zero attached hydrogens (tertiary/aromatic N) is 1. The summed E-state index contributed by atoms with van der Waals surface area (Å²) in [5.74, 6) is -0.168. The predicted octanol–water partition coefficient (Wildman–Crippen LogP) is 4.29. The van der Waals surface area contributed by atoms with E-state index in [9.17, 15) is 13.2 Å². The molecule has 1 aromatic heterocycles. The van der Waals surface area contributed by atoms with Crippen LogP contribution in [0.1, 0.15) is 16.5 Å². The Morgan fingerprint density at radius 3 is 2.46 bits per heavy atom. The summed E-state index contributed by atoms with van der Waals surface area (Å²) in [6, 6.07) is 9.62. The van der Waals surface area contributed by atoms with Crippen LogP contribution in [0, 0.1) is 0 Å². The molecular weight excluding hydrogens is 361 g/mol. The van der Waals surface area contributed by atoms with Crippen molar-refractivity contribution in [3.63, 3.8) is 0 Å². The van der Waals surface area contributed by atoms with E-state index >= 15 is 0 Å². The molecule has 0 spiro atoms. The van der Waals surface area contributed by atoms with Crippen LogP contribution in [0.5, 0.6) is 5.75 Å². The third kappa shape index (κ3) is 4.22. The Morgan fingerprint density at radius 2 is 1.83 bits per heavy atom. The number of hydrogen-bond acceptors (Lipinski definition) is 4. The quantitative estimate of drug-likeness (QED) is 0.861. The molecule has 0 bridgehead atoms. The number of hydrogen-bond donors (Lipinski definition) is 1. The number of halogens is 4. The zero-order valence-corrected chi connectivity index (χ0v) is 14.2. The Balaban J connectivity index is 2.02. The van der Waals surface area contributed by atoms with Gasteiger partial charge in [0, 0.05) is 36.6 Å². The van der Waals surface area contributed by atoms with Gasteiger partial charge in [-0.15, -0.1) is 24.5 Å². The lowest BCUT2D eigenvalue weighted by atomic mass is 10.0. The Bertz CT molecular complexity index is 686. The van der Waals surface area contributed by atoms with E-state index in [0.29, 0.717) is 9.90 Å². The largest absolute Gasteiger partial charge is 0.573 e. The first-order chi connectivity index (χ1) is 11.4. The highest BCUT2D eigenvalue weighted by Crippen LogP contribution is 2.40. The van der Waals surface area contributed by atoms with Gasteiger partial charge in [-0.05, 0) is 18.2 Å². The fourth-order valence-corrected chi connectivity index (χ4v) is 4.08. The van der Waals surface area contributed by atoms with Gasteiger partial charge in [0.25, 0.3) is 0 Å². The zero-order chi connectivity index (χ0) is 17.2. The van der Waals surface area contributed by atoms with Crippen molar-refractivity contribution in [1.29, 1.82) is 0 Å². The van der Waals surface area contributed by atoms with Gasteiger partial charge in [0.2, 0.25) is 0 Å². The Morgan fingerprint density at radius 1 is 1.12 bits per heavy atom. The average Bonchev–Trinajstić information content (AvgIpc) is 2.95. The van der Waals surface area contributed by atoms with Crippen LogP contribution in [0.15, 0.2) is 36.4 Å². The third-order valence-electron chi connectivity index (χ3n) is 3.82. The van der Waals surface area contributed by atoms with Crippen molar-refractivity contribution in [2.24, 2.45) is 0 Å². The van der Waals surface area contributed by atoms with Crippen LogP contribution in [0.3, 0.4) is 0 Å². The highest BCUT2D eigenvalue weighted by molar-refractivity contribution is 7.16. The summed E-state index contributed by atoms with van der Waals surface area (Å²) in [5.41, 5.74) is 0.496. The van der Waals surface area contributed by atoms with Gasteiger partial charge < -0.3 is 10.1 Å². The maximum absolute atomic E-state index is 12.8. The molecule has 1 aliphatic rings. The molecule has 0 amide bonds. The number of piperazine rings is 1. The molecule has 1 fully saturated rings. The lowest BCUT2D eigenvalue weighted by Gasteiger charge is -2.35. The fraction of sp³-hybridized carbons (Fsp3) is 0.375. The first kappa shape index (κ1) is 17.5. The van der Waals surface area contributed by atoms with Crippen LogP contribution in [-0.4, -0.2) is 37.4 Å². The second-order valence-electron chi connectivity index (χ2n) is 5.42. The lowest BCUT2D eigenvalue weighted by molar-refractivity contribution is -0.275. The van der Waals surface area contributed by atoms with E-state index in [1.54, 1.807) is 24.3 Å². The number of thiophene rings is 1. The number of ether oxygens (including phenoxy) is 1. The minimum absolute atomic E-state index is 0.168. The number of para-hydroxylation sites is 1. The Hall–Kier alpha value is -1.28. The number of benzene rings is 1. The first-order valence-corrected chi connectivity index (χ1v) is 8.68. The van der Waals surface area contributed by atoms with E-state index in [-0.39, 0.29) is 11.8 Å². The van der Waals surface area contributed by atoms with E-state index in [0.717, 1.165) is 31.1 Å². The highest BCUT2D eigenvalue weighted by atomic mass is 35.5. The smallest absolute Gasteiger partial charge is 0.405 e. The molecule has 1 atom stereocenters. The van der Waals surface area contributed by atoms with E-state index in [2.05, 4.69) is 15.0 Å². The van der Waals surface area contributed by atoms with Gasteiger partial charge >= 0.3 is 6.36 Å². The number of nitrogens with one attached hydrogen (secondary N) is 1. The van der Waals surface area contributed by atoms with E-state index < -0.39 is 6.36 Å². The van der Waals surface area contributed by atoms with E-state index in [1.807, 2.05) is 6.07 Å². The zero-order valence-electron chi connectivity index (χ0n) is 12.6. The van der Waals surface area contributed by atoms with Crippen molar-refractivity contribution in [3.05, 3.63) is 51.2 Å². The summed E-state index contributed by atoms with van der Waals surface area (Å²) in [4.78, 5) is 3.05. The van der Waals surface area contributed by atoms with Crippen molar-refractivity contribution in [3.8, 4) is 5.75 Å². The molecule has 1 saturated heterocycles. The molecule has 1 N–H and O–H groups in total. The van der Waals surface area contributed by atoms with Gasteiger partial charge in [-0.25, -0.2) is 0 Å². The molecule has 0 unspecified atom stereocenters. The summed E-state index contributed by atoms with van der Waals surface area (Å²) in [7, 11) is 0. The maximum Gasteiger partial charge on any atom is 0.573 e. The molecule has 24 heavy (non-hydrogen) atoms. The summed E-state index contributed by atoms with van der Waals surface area (Å²) in [6.07, 6.45) is -4.72. The molecule has 3 nitrogen and oxygen atoms in total. The van der Waals surface area contributed by atoms with Gasteiger partial charge in [-0.3, -0.25) is 4.90 Å². The van der Waals surface area contributed by atoms with Crippen LogP contribution in [0.4, 0.5) is 13.2 Å². The Labute approximate surface area is 147 Å².